The van der Waals surface area contributed by atoms with Crippen LogP contribution in [-0.4, -0.2) is 9.13 Å². The molecule has 45 heavy (non-hydrogen) atoms. The van der Waals surface area contributed by atoms with E-state index in [1.807, 2.05) is 0 Å². The summed E-state index contributed by atoms with van der Waals surface area (Å²) in [5.74, 6) is 0. The SMILES string of the molecule is Cc1ccc(-n2c3ccccc3c3cc(-n4c5ccc(-c6ccccc6)cc5c5cc(-c6ccccc6)ccc54)ccc32)cc1. The zero-order valence-electron chi connectivity index (χ0n) is 25.0. The summed E-state index contributed by atoms with van der Waals surface area (Å²) in [7, 11) is 0. The highest BCUT2D eigenvalue weighted by Gasteiger charge is 2.17. The van der Waals surface area contributed by atoms with Gasteiger partial charge in [0.15, 0.2) is 0 Å². The Morgan fingerprint density at radius 2 is 0.756 bits per heavy atom. The quantitative estimate of drug-likeness (QED) is 0.198. The van der Waals surface area contributed by atoms with E-state index >= 15 is 0 Å². The van der Waals surface area contributed by atoms with Crippen LogP contribution < -0.4 is 0 Å². The summed E-state index contributed by atoms with van der Waals surface area (Å²) < 4.78 is 4.82. The van der Waals surface area contributed by atoms with Gasteiger partial charge < -0.3 is 9.13 Å². The molecule has 0 aliphatic carbocycles. The first kappa shape index (κ1) is 25.6. The lowest BCUT2D eigenvalue weighted by atomic mass is 10.0. The van der Waals surface area contributed by atoms with Gasteiger partial charge in [0, 0.05) is 32.9 Å². The van der Waals surface area contributed by atoms with Crippen LogP contribution >= 0.6 is 0 Å². The van der Waals surface area contributed by atoms with Crippen molar-refractivity contribution in [3.63, 3.8) is 0 Å². The van der Waals surface area contributed by atoms with Crippen molar-refractivity contribution in [2.24, 2.45) is 0 Å². The third kappa shape index (κ3) is 4.11. The van der Waals surface area contributed by atoms with Crippen molar-refractivity contribution >= 4 is 43.6 Å². The van der Waals surface area contributed by atoms with Gasteiger partial charge in [0.25, 0.3) is 0 Å². The van der Waals surface area contributed by atoms with Crippen LogP contribution in [0, 0.1) is 6.92 Å². The van der Waals surface area contributed by atoms with E-state index in [9.17, 15) is 0 Å². The van der Waals surface area contributed by atoms with Gasteiger partial charge in [-0.05, 0) is 89.8 Å². The van der Waals surface area contributed by atoms with Crippen molar-refractivity contribution in [1.82, 2.24) is 9.13 Å². The van der Waals surface area contributed by atoms with E-state index in [0.29, 0.717) is 0 Å². The molecule has 0 saturated carbocycles. The number of rotatable bonds is 4. The minimum atomic E-state index is 1.16. The first-order valence-electron chi connectivity index (χ1n) is 15.5. The Morgan fingerprint density at radius 3 is 1.36 bits per heavy atom. The van der Waals surface area contributed by atoms with Crippen LogP contribution in [0.3, 0.4) is 0 Å². The van der Waals surface area contributed by atoms with E-state index < -0.39 is 0 Å². The molecule has 2 nitrogen and oxygen atoms in total. The number of hydrogen-bond donors (Lipinski definition) is 0. The van der Waals surface area contributed by atoms with Crippen LogP contribution in [0.15, 0.2) is 164 Å². The number of benzene rings is 7. The molecule has 2 heteroatoms. The van der Waals surface area contributed by atoms with E-state index in [4.69, 9.17) is 0 Å². The maximum Gasteiger partial charge on any atom is 0.0542 e. The summed E-state index contributed by atoms with van der Waals surface area (Å²) in [5, 5.41) is 5.02. The van der Waals surface area contributed by atoms with Crippen molar-refractivity contribution in [3.8, 4) is 33.6 Å². The molecule has 0 aliphatic rings. The van der Waals surface area contributed by atoms with Gasteiger partial charge in [0.1, 0.15) is 0 Å². The largest absolute Gasteiger partial charge is 0.309 e. The number of fused-ring (bicyclic) bond motifs is 6. The van der Waals surface area contributed by atoms with Gasteiger partial charge in [-0.3, -0.25) is 0 Å². The highest BCUT2D eigenvalue weighted by molar-refractivity contribution is 6.13. The average Bonchev–Trinajstić information content (AvgIpc) is 3.61. The maximum atomic E-state index is 2.44. The van der Waals surface area contributed by atoms with Crippen LogP contribution in [0.4, 0.5) is 0 Å². The lowest BCUT2D eigenvalue weighted by molar-refractivity contribution is 1.16. The smallest absolute Gasteiger partial charge is 0.0542 e. The van der Waals surface area contributed by atoms with E-state index in [1.165, 1.54) is 77.1 Å². The van der Waals surface area contributed by atoms with E-state index in [0.717, 1.165) is 5.69 Å². The molecule has 7 aromatic carbocycles. The summed E-state index contributed by atoms with van der Waals surface area (Å²) in [4.78, 5) is 0. The molecule has 212 valence electrons. The molecule has 0 spiro atoms. The van der Waals surface area contributed by atoms with E-state index in [-0.39, 0.29) is 0 Å². The van der Waals surface area contributed by atoms with Crippen molar-refractivity contribution in [3.05, 3.63) is 169 Å². The Balaban J connectivity index is 1.32. The highest BCUT2D eigenvalue weighted by Crippen LogP contribution is 2.39. The molecule has 0 N–H and O–H groups in total. The second kappa shape index (κ2) is 10.1. The van der Waals surface area contributed by atoms with Gasteiger partial charge in [-0.2, -0.15) is 0 Å². The normalized spacial score (nSPS) is 11.7. The number of aromatic nitrogens is 2. The van der Waals surface area contributed by atoms with Crippen LogP contribution in [0.1, 0.15) is 5.56 Å². The number of aryl methyl sites for hydroxylation is 1. The number of para-hydroxylation sites is 1. The molecule has 0 unspecified atom stereocenters. The fraction of sp³-hybridized carbons (Fsp3) is 0.0233. The molecule has 0 bridgehead atoms. The van der Waals surface area contributed by atoms with Crippen LogP contribution in [-0.2, 0) is 0 Å². The fourth-order valence-corrected chi connectivity index (χ4v) is 6.99. The van der Waals surface area contributed by atoms with Gasteiger partial charge >= 0.3 is 0 Å². The fourth-order valence-electron chi connectivity index (χ4n) is 6.99. The van der Waals surface area contributed by atoms with Gasteiger partial charge in [-0.25, -0.2) is 0 Å². The minimum Gasteiger partial charge on any atom is -0.309 e. The molecule has 0 aliphatic heterocycles. The highest BCUT2D eigenvalue weighted by atomic mass is 15.0. The third-order valence-corrected chi connectivity index (χ3v) is 9.19. The zero-order valence-corrected chi connectivity index (χ0v) is 25.0. The molecule has 0 saturated heterocycles. The second-order valence-corrected chi connectivity index (χ2v) is 11.9. The third-order valence-electron chi connectivity index (χ3n) is 9.19. The lowest BCUT2D eigenvalue weighted by Gasteiger charge is -2.11. The van der Waals surface area contributed by atoms with E-state index in [2.05, 4.69) is 180 Å². The Kier molecular flexibility index (Phi) is 5.76. The molecule has 2 aromatic heterocycles. The number of hydrogen-bond acceptors (Lipinski definition) is 0. The molecule has 0 fully saturated rings. The van der Waals surface area contributed by atoms with Gasteiger partial charge in [-0.1, -0.05) is 109 Å². The topological polar surface area (TPSA) is 9.86 Å². The predicted octanol–water partition coefficient (Wildman–Crippen LogP) is 11.5. The summed E-state index contributed by atoms with van der Waals surface area (Å²) in [6.07, 6.45) is 0. The molecular formula is C43H30N2. The molecule has 0 radical (unpaired) electrons. The molecule has 9 rings (SSSR count). The van der Waals surface area contributed by atoms with Crippen molar-refractivity contribution in [1.29, 1.82) is 0 Å². The van der Waals surface area contributed by atoms with Gasteiger partial charge in [0.05, 0.1) is 22.1 Å². The van der Waals surface area contributed by atoms with Crippen molar-refractivity contribution < 1.29 is 0 Å². The summed E-state index contributed by atoms with van der Waals surface area (Å²) in [5.41, 5.74) is 13.3. The van der Waals surface area contributed by atoms with Crippen molar-refractivity contribution in [2.75, 3.05) is 0 Å². The molecule has 0 atom stereocenters. The Morgan fingerprint density at radius 1 is 0.311 bits per heavy atom. The van der Waals surface area contributed by atoms with E-state index in [1.54, 1.807) is 0 Å². The molecule has 9 aromatic rings. The predicted molar refractivity (Wildman–Crippen MR) is 191 cm³/mol. The maximum absolute atomic E-state index is 2.44. The minimum absolute atomic E-state index is 1.16. The van der Waals surface area contributed by atoms with Gasteiger partial charge in [-0.15, -0.1) is 0 Å². The average molecular weight is 575 g/mol. The Labute approximate surface area is 262 Å². The standard InChI is InChI=1S/C43H30N2/c1-29-16-20-34(21-17-29)44-40-15-9-8-14-36(40)39-28-35(22-25-43(39)44)45-41-23-18-32(30-10-4-2-5-11-30)26-37(41)38-27-33(19-24-42(38)45)31-12-6-3-7-13-31/h2-28H,1H3. The number of nitrogens with zero attached hydrogens (tertiary/aromatic N) is 2. The second-order valence-electron chi connectivity index (χ2n) is 11.9. The summed E-state index contributed by atoms with van der Waals surface area (Å²) >= 11 is 0. The van der Waals surface area contributed by atoms with Gasteiger partial charge in [0.2, 0.25) is 0 Å². The van der Waals surface area contributed by atoms with Crippen LogP contribution in [0.5, 0.6) is 0 Å². The zero-order chi connectivity index (χ0) is 29.9. The lowest BCUT2D eigenvalue weighted by Crippen LogP contribution is -1.96. The summed E-state index contributed by atoms with van der Waals surface area (Å²) in [6.45, 7) is 2.14. The van der Waals surface area contributed by atoms with Crippen LogP contribution in [0.25, 0.3) is 77.2 Å². The summed E-state index contributed by atoms with van der Waals surface area (Å²) in [6, 6.07) is 59.7. The van der Waals surface area contributed by atoms with Crippen LogP contribution in [0.2, 0.25) is 0 Å². The molecule has 2 heterocycles. The van der Waals surface area contributed by atoms with Crippen molar-refractivity contribution in [2.45, 2.75) is 6.92 Å². The molecule has 0 amide bonds. The first-order chi connectivity index (χ1) is 22.2. The monoisotopic (exact) mass is 574 g/mol. The molecular weight excluding hydrogens is 544 g/mol. The Hall–Kier alpha value is -5.86. The first-order valence-corrected chi connectivity index (χ1v) is 15.5. The Bertz CT molecular complexity index is 2420.